The second kappa shape index (κ2) is 7.25. The minimum atomic E-state index is -3.44. The van der Waals surface area contributed by atoms with E-state index in [2.05, 4.69) is 19.8 Å². The first-order chi connectivity index (χ1) is 13.8. The van der Waals surface area contributed by atoms with Gasteiger partial charge in [-0.15, -0.1) is 0 Å². The van der Waals surface area contributed by atoms with Gasteiger partial charge in [0.25, 0.3) is 0 Å². The number of aromatic nitrogens is 5. The summed E-state index contributed by atoms with van der Waals surface area (Å²) in [6.45, 7) is 3.25. The molecule has 0 unspecified atom stereocenters. The van der Waals surface area contributed by atoms with Crippen LogP contribution in [-0.4, -0.2) is 38.4 Å². The molecule has 8 nitrogen and oxygen atoms in total. The van der Waals surface area contributed by atoms with E-state index >= 15 is 0 Å². The molecule has 0 radical (unpaired) electrons. The van der Waals surface area contributed by atoms with Crippen molar-refractivity contribution in [1.29, 1.82) is 0 Å². The third-order valence-electron chi connectivity index (χ3n) is 4.50. The molecule has 0 aliphatic carbocycles. The van der Waals surface area contributed by atoms with Gasteiger partial charge in [0.15, 0.2) is 0 Å². The van der Waals surface area contributed by atoms with Crippen LogP contribution in [0.3, 0.4) is 0 Å². The number of hydrogen-bond acceptors (Lipinski definition) is 6. The van der Waals surface area contributed by atoms with Gasteiger partial charge in [-0.05, 0) is 37.6 Å². The molecule has 29 heavy (non-hydrogen) atoms. The van der Waals surface area contributed by atoms with Crippen molar-refractivity contribution < 1.29 is 8.42 Å². The summed E-state index contributed by atoms with van der Waals surface area (Å²) in [4.78, 5) is 13.4. The molecule has 0 saturated heterocycles. The van der Waals surface area contributed by atoms with E-state index in [0.29, 0.717) is 5.69 Å². The normalized spacial score (nSPS) is 11.9. The molecule has 0 fully saturated rings. The van der Waals surface area contributed by atoms with Crippen LogP contribution < -0.4 is 4.72 Å². The van der Waals surface area contributed by atoms with Gasteiger partial charge in [-0.25, -0.2) is 13.4 Å². The molecule has 0 atom stereocenters. The molecule has 1 N–H and O–H groups in total. The maximum atomic E-state index is 12.1. The van der Waals surface area contributed by atoms with Crippen LogP contribution in [0, 0.1) is 0 Å². The number of hydrogen-bond donors (Lipinski definition) is 1. The van der Waals surface area contributed by atoms with E-state index in [1.807, 2.05) is 31.4 Å². The van der Waals surface area contributed by atoms with Gasteiger partial charge in [-0.2, -0.15) is 5.10 Å². The minimum absolute atomic E-state index is 0.423. The Hall–Kier alpha value is -3.33. The number of sulfonamides is 1. The van der Waals surface area contributed by atoms with Gasteiger partial charge >= 0.3 is 0 Å². The minimum Gasteiger partial charge on any atom is -0.282 e. The highest BCUT2D eigenvalue weighted by molar-refractivity contribution is 7.93. The van der Waals surface area contributed by atoms with E-state index in [1.165, 1.54) is 6.20 Å². The van der Waals surface area contributed by atoms with Gasteiger partial charge in [0.05, 0.1) is 46.3 Å². The highest BCUT2D eigenvalue weighted by Gasteiger charge is 2.16. The molecule has 0 amide bonds. The lowest BCUT2D eigenvalue weighted by Gasteiger charge is -2.11. The number of rotatable bonds is 5. The molecule has 4 rings (SSSR count). The zero-order valence-corrected chi connectivity index (χ0v) is 17.1. The Morgan fingerprint density at radius 2 is 1.79 bits per heavy atom. The zero-order valence-electron chi connectivity index (χ0n) is 16.2. The Morgan fingerprint density at radius 1 is 0.966 bits per heavy atom. The van der Waals surface area contributed by atoms with Crippen LogP contribution in [0.4, 0.5) is 5.69 Å². The Balaban J connectivity index is 1.71. The number of anilines is 1. The van der Waals surface area contributed by atoms with Crippen LogP contribution in [0.15, 0.2) is 55.2 Å². The van der Waals surface area contributed by atoms with Crippen LogP contribution >= 0.6 is 0 Å². The van der Waals surface area contributed by atoms with Gasteiger partial charge < -0.3 is 0 Å². The number of benzene rings is 1. The summed E-state index contributed by atoms with van der Waals surface area (Å²) < 4.78 is 28.6. The Morgan fingerprint density at radius 3 is 2.52 bits per heavy atom. The van der Waals surface area contributed by atoms with E-state index in [-0.39, 0.29) is 0 Å². The van der Waals surface area contributed by atoms with E-state index in [9.17, 15) is 8.42 Å². The smallest absolute Gasteiger partial charge is 0.235 e. The lowest BCUT2D eigenvalue weighted by molar-refractivity contribution is 0.593. The van der Waals surface area contributed by atoms with Crippen LogP contribution in [-0.2, 0) is 17.1 Å². The summed E-state index contributed by atoms with van der Waals surface area (Å²) in [6.07, 6.45) is 8.53. The van der Waals surface area contributed by atoms with Gasteiger partial charge in [0, 0.05) is 30.6 Å². The molecule has 9 heteroatoms. The van der Waals surface area contributed by atoms with Crippen molar-refractivity contribution in [3.63, 3.8) is 0 Å². The van der Waals surface area contributed by atoms with Crippen LogP contribution in [0.1, 0.15) is 13.8 Å². The molecule has 3 aromatic heterocycles. The molecule has 4 aromatic rings. The summed E-state index contributed by atoms with van der Waals surface area (Å²) in [5.74, 6) is 0. The number of nitrogens with zero attached hydrogens (tertiary/aromatic N) is 5. The lowest BCUT2D eigenvalue weighted by atomic mass is 10.1. The molecule has 0 saturated carbocycles. The fourth-order valence-corrected chi connectivity index (χ4v) is 3.50. The van der Waals surface area contributed by atoms with Crippen LogP contribution in [0.25, 0.3) is 33.4 Å². The van der Waals surface area contributed by atoms with E-state index in [1.54, 1.807) is 43.2 Å². The highest BCUT2D eigenvalue weighted by Crippen LogP contribution is 2.26. The lowest BCUT2D eigenvalue weighted by Crippen LogP contribution is -2.22. The first-order valence-corrected chi connectivity index (χ1v) is 10.6. The average Bonchev–Trinajstić information content (AvgIpc) is 3.13. The van der Waals surface area contributed by atoms with Crippen molar-refractivity contribution in [3.05, 3.63) is 55.2 Å². The van der Waals surface area contributed by atoms with Gasteiger partial charge in [-0.3, -0.25) is 19.4 Å². The first-order valence-electron chi connectivity index (χ1n) is 9.05. The fourth-order valence-electron chi connectivity index (χ4n) is 2.82. The molecule has 0 aliphatic rings. The summed E-state index contributed by atoms with van der Waals surface area (Å²) in [6, 6.07) is 7.47. The van der Waals surface area contributed by atoms with Crippen molar-refractivity contribution in [2.45, 2.75) is 19.1 Å². The van der Waals surface area contributed by atoms with Crippen molar-refractivity contribution in [3.8, 4) is 22.4 Å². The van der Waals surface area contributed by atoms with Crippen LogP contribution in [0.5, 0.6) is 0 Å². The second-order valence-electron chi connectivity index (χ2n) is 7.02. The summed E-state index contributed by atoms with van der Waals surface area (Å²) in [5, 5.41) is 3.64. The number of aryl methyl sites for hydroxylation is 1. The molecule has 0 aliphatic heterocycles. The maximum absolute atomic E-state index is 12.1. The van der Waals surface area contributed by atoms with Crippen molar-refractivity contribution >= 4 is 26.7 Å². The summed E-state index contributed by atoms with van der Waals surface area (Å²) in [5.41, 5.74) is 5.20. The van der Waals surface area contributed by atoms with E-state index in [0.717, 1.165) is 33.4 Å². The molecule has 0 bridgehead atoms. The SMILES string of the molecule is CC(C)S(=O)(=O)Nc1cncc(-c2ccc3ncc(-c4cnn(C)c4)nc3c2)c1. The Labute approximate surface area is 168 Å². The third kappa shape index (κ3) is 3.95. The largest absolute Gasteiger partial charge is 0.282 e. The summed E-state index contributed by atoms with van der Waals surface area (Å²) >= 11 is 0. The number of pyridine rings is 1. The fraction of sp³-hybridized carbons (Fsp3) is 0.200. The average molecular weight is 408 g/mol. The number of nitrogens with one attached hydrogen (secondary N) is 1. The molecule has 0 spiro atoms. The molecule has 3 heterocycles. The standard InChI is InChI=1S/C20H20N6O2S/c1-13(2)29(27,28)25-17-6-15(8-21-10-17)14-4-5-18-19(7-14)24-20(11-22-18)16-9-23-26(3)12-16/h4-13,25H,1-3H3. The van der Waals surface area contributed by atoms with E-state index in [4.69, 9.17) is 4.98 Å². The topological polar surface area (TPSA) is 103 Å². The van der Waals surface area contributed by atoms with Gasteiger partial charge in [0.2, 0.25) is 10.0 Å². The predicted molar refractivity (Wildman–Crippen MR) is 113 cm³/mol. The van der Waals surface area contributed by atoms with E-state index < -0.39 is 15.3 Å². The molecule has 148 valence electrons. The Kier molecular flexibility index (Phi) is 4.75. The molecule has 1 aromatic carbocycles. The molecular weight excluding hydrogens is 388 g/mol. The van der Waals surface area contributed by atoms with Crippen molar-refractivity contribution in [2.75, 3.05) is 4.72 Å². The monoisotopic (exact) mass is 408 g/mol. The van der Waals surface area contributed by atoms with Crippen molar-refractivity contribution in [2.24, 2.45) is 7.05 Å². The first kappa shape index (κ1) is 19.0. The highest BCUT2D eigenvalue weighted by atomic mass is 32.2. The number of fused-ring (bicyclic) bond motifs is 1. The maximum Gasteiger partial charge on any atom is 0.235 e. The Bertz CT molecular complexity index is 1300. The van der Waals surface area contributed by atoms with Crippen molar-refractivity contribution in [1.82, 2.24) is 24.7 Å². The second-order valence-corrected chi connectivity index (χ2v) is 9.26. The predicted octanol–water partition coefficient (Wildman–Crippen LogP) is 3.24. The van der Waals surface area contributed by atoms with Gasteiger partial charge in [-0.1, -0.05) is 6.07 Å². The van der Waals surface area contributed by atoms with Gasteiger partial charge in [0.1, 0.15) is 0 Å². The quantitative estimate of drug-likeness (QED) is 0.544. The summed E-state index contributed by atoms with van der Waals surface area (Å²) in [7, 11) is -1.59. The van der Waals surface area contributed by atoms with Crippen LogP contribution in [0.2, 0.25) is 0 Å². The molecular formula is C20H20N6O2S. The third-order valence-corrected chi connectivity index (χ3v) is 6.26. The zero-order chi connectivity index (χ0) is 20.6.